The van der Waals surface area contributed by atoms with E-state index in [2.05, 4.69) is 10.6 Å². The SMILES string of the molecule is CC1(C)S[C@@H]2C(NC(=O)C(NC(=O)c3csccc3=O)C3=CCC=CC3)C(=O)N2[C@H]1C(=O)O. The first-order valence-electron chi connectivity index (χ1n) is 10.4. The number of thioether (sulfide) groups is 1. The summed E-state index contributed by atoms with van der Waals surface area (Å²) in [4.78, 5) is 63.8. The Hall–Kier alpha value is -2.92. The zero-order valence-corrected chi connectivity index (χ0v) is 19.6. The number of amides is 3. The highest BCUT2D eigenvalue weighted by molar-refractivity contribution is 8.01. The van der Waals surface area contributed by atoms with Crippen LogP contribution in [0, 0.1) is 0 Å². The Balaban J connectivity index is 1.53. The summed E-state index contributed by atoms with van der Waals surface area (Å²) in [6, 6.07) is -1.65. The number of carbonyl (C=O) groups excluding carboxylic acids is 3. The molecule has 3 N–H and O–H groups in total. The number of hydrogen-bond acceptors (Lipinski definition) is 7. The molecule has 3 heterocycles. The summed E-state index contributed by atoms with van der Waals surface area (Å²) in [6.45, 7) is 3.51. The van der Waals surface area contributed by atoms with E-state index in [1.165, 1.54) is 39.4 Å². The van der Waals surface area contributed by atoms with Crippen LogP contribution in [0.4, 0.5) is 0 Å². The molecule has 9 nitrogen and oxygen atoms in total. The highest BCUT2D eigenvalue weighted by Gasteiger charge is 2.64. The standard InChI is InChI=1S/C22H23N3O6S2/c1-22(2)16(21(30)31)25-19(29)15(20(25)33-22)24-18(28)14(11-6-4-3-5-7-11)23-17(27)12-10-32-9-8-13(12)26/h3-4,7-10,14-16,20H,5-6H2,1-2H3,(H,23,27)(H,24,28)(H,30,31)/t14?,15?,16-,20+/m0/s1. The molecule has 2 saturated heterocycles. The van der Waals surface area contributed by atoms with E-state index in [1.54, 1.807) is 19.2 Å². The molecule has 2 aliphatic heterocycles. The number of allylic oxidation sites excluding steroid dienone is 3. The van der Waals surface area contributed by atoms with Gasteiger partial charge in [-0.25, -0.2) is 4.79 Å². The molecule has 3 amide bonds. The number of hydrogen-bond donors (Lipinski definition) is 3. The van der Waals surface area contributed by atoms with E-state index in [9.17, 15) is 29.1 Å². The Morgan fingerprint density at radius 3 is 2.64 bits per heavy atom. The number of carboxylic acids is 1. The normalized spacial score (nSPS) is 26.0. The predicted molar refractivity (Wildman–Crippen MR) is 124 cm³/mol. The second-order valence-electron chi connectivity index (χ2n) is 8.52. The number of rotatable bonds is 6. The summed E-state index contributed by atoms with van der Waals surface area (Å²) in [5.74, 6) is -2.80. The minimum absolute atomic E-state index is 0.0597. The topological polar surface area (TPSA) is 133 Å². The number of nitrogens with one attached hydrogen (secondary N) is 2. The second-order valence-corrected chi connectivity index (χ2v) is 11.1. The van der Waals surface area contributed by atoms with Crippen LogP contribution in [0.25, 0.3) is 0 Å². The monoisotopic (exact) mass is 489 g/mol. The molecule has 0 bridgehead atoms. The summed E-state index contributed by atoms with van der Waals surface area (Å²) in [6.07, 6.45) is 6.69. The number of fused-ring (bicyclic) bond motifs is 1. The lowest BCUT2D eigenvalue weighted by Gasteiger charge is -2.44. The minimum atomic E-state index is -1.09. The van der Waals surface area contributed by atoms with Gasteiger partial charge in [-0.1, -0.05) is 18.2 Å². The van der Waals surface area contributed by atoms with Crippen molar-refractivity contribution < 1.29 is 24.3 Å². The van der Waals surface area contributed by atoms with Crippen LogP contribution < -0.4 is 16.1 Å². The van der Waals surface area contributed by atoms with Crippen molar-refractivity contribution in [2.24, 2.45) is 0 Å². The van der Waals surface area contributed by atoms with Gasteiger partial charge in [-0.3, -0.25) is 19.2 Å². The first-order valence-corrected chi connectivity index (χ1v) is 12.2. The van der Waals surface area contributed by atoms with Gasteiger partial charge in [0.25, 0.3) is 5.91 Å². The summed E-state index contributed by atoms with van der Waals surface area (Å²) in [7, 11) is 0. The van der Waals surface area contributed by atoms with Gasteiger partial charge in [-0.05, 0) is 43.7 Å². The van der Waals surface area contributed by atoms with Gasteiger partial charge in [-0.2, -0.15) is 11.3 Å². The Kier molecular flexibility index (Phi) is 6.19. The first kappa shape index (κ1) is 23.2. The van der Waals surface area contributed by atoms with Gasteiger partial charge in [0, 0.05) is 10.1 Å². The summed E-state index contributed by atoms with van der Waals surface area (Å²) in [5.41, 5.74) is 0.148. The van der Waals surface area contributed by atoms with Crippen LogP contribution in [0.3, 0.4) is 0 Å². The van der Waals surface area contributed by atoms with Crippen molar-refractivity contribution >= 4 is 46.8 Å². The van der Waals surface area contributed by atoms with Crippen LogP contribution >= 0.6 is 23.1 Å². The summed E-state index contributed by atoms with van der Waals surface area (Å²) >= 11 is 2.52. The molecule has 1 aromatic rings. The summed E-state index contributed by atoms with van der Waals surface area (Å²) in [5, 5.41) is 17.4. The first-order chi connectivity index (χ1) is 15.6. The molecule has 33 heavy (non-hydrogen) atoms. The van der Waals surface area contributed by atoms with Gasteiger partial charge in [-0.15, -0.1) is 11.8 Å². The van der Waals surface area contributed by atoms with Crippen molar-refractivity contribution in [1.82, 2.24) is 15.5 Å². The zero-order valence-electron chi connectivity index (χ0n) is 17.9. The molecule has 1 aliphatic carbocycles. The minimum Gasteiger partial charge on any atom is -0.480 e. The van der Waals surface area contributed by atoms with Crippen molar-refractivity contribution in [2.75, 3.05) is 0 Å². The maximum atomic E-state index is 13.2. The van der Waals surface area contributed by atoms with Gasteiger partial charge >= 0.3 is 5.97 Å². The average molecular weight is 490 g/mol. The molecule has 0 radical (unpaired) electrons. The molecular weight excluding hydrogens is 466 g/mol. The number of carbonyl (C=O) groups is 4. The lowest BCUT2D eigenvalue weighted by atomic mass is 9.94. The van der Waals surface area contributed by atoms with Crippen molar-refractivity contribution in [3.63, 3.8) is 0 Å². The molecule has 3 aliphatic rings. The molecule has 4 atom stereocenters. The Labute approximate surface area is 197 Å². The predicted octanol–water partition coefficient (Wildman–Crippen LogP) is 1.11. The van der Waals surface area contributed by atoms with Gasteiger partial charge < -0.3 is 20.6 Å². The maximum Gasteiger partial charge on any atom is 0.327 e. The molecular formula is C22H23N3O6S2. The number of nitrogens with zero attached hydrogens (tertiary/aromatic N) is 1. The third kappa shape index (κ3) is 4.22. The van der Waals surface area contributed by atoms with Crippen LogP contribution in [-0.2, 0) is 14.4 Å². The zero-order chi connectivity index (χ0) is 23.9. The molecule has 11 heteroatoms. The third-order valence-corrected chi connectivity index (χ3v) is 8.15. The molecule has 2 unspecified atom stereocenters. The number of carboxylic acid groups (broad SMARTS) is 1. The van der Waals surface area contributed by atoms with E-state index in [1.807, 2.05) is 18.2 Å². The molecule has 0 saturated carbocycles. The fourth-order valence-corrected chi connectivity index (χ4v) is 6.56. The highest BCUT2D eigenvalue weighted by Crippen LogP contribution is 2.50. The average Bonchev–Trinajstić information content (AvgIpc) is 3.04. The van der Waals surface area contributed by atoms with Crippen LogP contribution in [0.15, 0.2) is 45.4 Å². The number of β-lactam (4-membered cyclic amide) rings is 1. The van der Waals surface area contributed by atoms with Crippen LogP contribution in [-0.4, -0.2) is 61.9 Å². The van der Waals surface area contributed by atoms with E-state index in [0.717, 1.165) is 0 Å². The van der Waals surface area contributed by atoms with Gasteiger partial charge in [0.2, 0.25) is 11.8 Å². The van der Waals surface area contributed by atoms with Crippen LogP contribution in [0.1, 0.15) is 37.0 Å². The highest BCUT2D eigenvalue weighted by atomic mass is 32.2. The fourth-order valence-electron chi connectivity index (χ4n) is 4.29. The number of aliphatic carboxylic acids is 1. The van der Waals surface area contributed by atoms with Crippen molar-refractivity contribution in [2.45, 2.75) is 54.9 Å². The summed E-state index contributed by atoms with van der Waals surface area (Å²) < 4.78 is -0.713. The smallest absolute Gasteiger partial charge is 0.327 e. The van der Waals surface area contributed by atoms with Gasteiger partial charge in [0.15, 0.2) is 5.43 Å². The van der Waals surface area contributed by atoms with Crippen LogP contribution in [0.2, 0.25) is 0 Å². The molecule has 0 spiro atoms. The molecule has 4 rings (SSSR count). The van der Waals surface area contributed by atoms with Gasteiger partial charge in [0.05, 0.1) is 5.56 Å². The lowest BCUT2D eigenvalue weighted by Crippen LogP contribution is -2.71. The molecule has 0 aromatic carbocycles. The van der Waals surface area contributed by atoms with E-state index >= 15 is 0 Å². The lowest BCUT2D eigenvalue weighted by molar-refractivity contribution is -0.161. The Bertz CT molecular complexity index is 1140. The van der Waals surface area contributed by atoms with E-state index < -0.39 is 57.4 Å². The molecule has 2 fully saturated rings. The van der Waals surface area contributed by atoms with Crippen LogP contribution in [0.5, 0.6) is 0 Å². The quantitative estimate of drug-likeness (QED) is 0.403. The van der Waals surface area contributed by atoms with E-state index in [0.29, 0.717) is 18.4 Å². The van der Waals surface area contributed by atoms with Gasteiger partial charge in [0.1, 0.15) is 23.5 Å². The largest absolute Gasteiger partial charge is 0.480 e. The fraction of sp³-hybridized carbons (Fsp3) is 0.409. The van der Waals surface area contributed by atoms with Crippen molar-refractivity contribution in [3.05, 3.63) is 56.4 Å². The Morgan fingerprint density at radius 1 is 1.24 bits per heavy atom. The third-order valence-electron chi connectivity index (χ3n) is 5.91. The second kappa shape index (κ2) is 8.79. The van der Waals surface area contributed by atoms with Crippen molar-refractivity contribution in [3.8, 4) is 0 Å². The molecule has 174 valence electrons. The Morgan fingerprint density at radius 2 is 2.00 bits per heavy atom. The van der Waals surface area contributed by atoms with E-state index in [-0.39, 0.29) is 5.56 Å². The maximum absolute atomic E-state index is 13.2. The van der Waals surface area contributed by atoms with E-state index in [4.69, 9.17) is 0 Å². The van der Waals surface area contributed by atoms with Crippen molar-refractivity contribution in [1.29, 1.82) is 0 Å². The molecule has 1 aromatic heterocycles.